The summed E-state index contributed by atoms with van der Waals surface area (Å²) in [5, 5.41) is 10.8. The molecule has 0 unspecified atom stereocenters. The smallest absolute Gasteiger partial charge is 0.416 e. The van der Waals surface area contributed by atoms with E-state index in [1.165, 1.54) is 43.3 Å². The molecule has 0 atom stereocenters. The number of alkyl halides is 3. The quantitative estimate of drug-likeness (QED) is 0.232. The number of aryl methyl sites for hydroxylation is 1. The Labute approximate surface area is 238 Å². The molecule has 12 heteroatoms. The maximum absolute atomic E-state index is 13.9. The summed E-state index contributed by atoms with van der Waals surface area (Å²) in [4.78, 5) is 12.6. The van der Waals surface area contributed by atoms with E-state index in [9.17, 15) is 31.5 Å². The number of aromatic nitrogens is 1. The van der Waals surface area contributed by atoms with Crippen molar-refractivity contribution in [3.63, 3.8) is 0 Å². The van der Waals surface area contributed by atoms with Gasteiger partial charge in [0.05, 0.1) is 32.3 Å². The number of aromatic hydroxyl groups is 1. The molecule has 3 aromatic carbocycles. The number of rotatable bonds is 5. The van der Waals surface area contributed by atoms with Gasteiger partial charge in [0.2, 0.25) is 0 Å². The van der Waals surface area contributed by atoms with Gasteiger partial charge in [-0.25, -0.2) is 17.2 Å². The third-order valence-electron chi connectivity index (χ3n) is 6.04. The molecule has 0 aliphatic carbocycles. The predicted molar refractivity (Wildman–Crippen MR) is 147 cm³/mol. The second-order valence-electron chi connectivity index (χ2n) is 10.1. The number of ether oxygens (including phenoxy) is 1. The Balaban J connectivity index is 2.03. The first kappa shape index (κ1) is 29.8. The molecule has 4 rings (SSSR count). The van der Waals surface area contributed by atoms with Crippen molar-refractivity contribution >= 4 is 50.1 Å². The molecule has 0 radical (unpaired) electrons. The van der Waals surface area contributed by atoms with Gasteiger partial charge in [0.1, 0.15) is 11.4 Å². The Morgan fingerprint density at radius 2 is 1.65 bits per heavy atom. The van der Waals surface area contributed by atoms with Crippen LogP contribution in [0.25, 0.3) is 10.9 Å². The van der Waals surface area contributed by atoms with E-state index in [4.69, 9.17) is 27.9 Å². The summed E-state index contributed by atoms with van der Waals surface area (Å²) in [5.41, 5.74) is -2.35. The maximum Gasteiger partial charge on any atom is 0.416 e. The van der Waals surface area contributed by atoms with Crippen LogP contribution < -0.4 is 0 Å². The number of carbonyl (C=O) groups excluding carboxylic acids is 1. The van der Waals surface area contributed by atoms with Gasteiger partial charge in [-0.15, -0.1) is 0 Å². The highest BCUT2D eigenvalue weighted by molar-refractivity contribution is 7.90. The third kappa shape index (κ3) is 5.53. The van der Waals surface area contributed by atoms with E-state index in [0.29, 0.717) is 6.07 Å². The van der Waals surface area contributed by atoms with E-state index in [1.54, 1.807) is 26.8 Å². The zero-order valence-corrected chi connectivity index (χ0v) is 24.1. The molecule has 0 spiro atoms. The van der Waals surface area contributed by atoms with Gasteiger partial charge in [0.25, 0.3) is 10.0 Å². The van der Waals surface area contributed by atoms with Gasteiger partial charge in [-0.1, -0.05) is 41.4 Å². The van der Waals surface area contributed by atoms with Crippen LogP contribution in [0.15, 0.2) is 59.5 Å². The molecule has 1 N–H and O–H groups in total. The molecular formula is C28H24Cl2F3NO5S. The van der Waals surface area contributed by atoms with Gasteiger partial charge in [0.15, 0.2) is 0 Å². The number of halogens is 5. The van der Waals surface area contributed by atoms with Crippen LogP contribution in [-0.2, 0) is 27.4 Å². The monoisotopic (exact) mass is 613 g/mol. The van der Waals surface area contributed by atoms with Crippen LogP contribution in [-0.4, -0.2) is 29.1 Å². The lowest BCUT2D eigenvalue weighted by Crippen LogP contribution is -2.24. The van der Waals surface area contributed by atoms with Crippen LogP contribution in [0.2, 0.25) is 10.0 Å². The highest BCUT2D eigenvalue weighted by atomic mass is 35.5. The molecule has 1 heterocycles. The minimum absolute atomic E-state index is 0.0365. The van der Waals surface area contributed by atoms with Gasteiger partial charge in [0, 0.05) is 16.8 Å². The molecule has 0 saturated carbocycles. The van der Waals surface area contributed by atoms with Crippen molar-refractivity contribution in [2.75, 3.05) is 0 Å². The number of carbonyl (C=O) groups is 1. The van der Waals surface area contributed by atoms with Crippen molar-refractivity contribution in [1.29, 1.82) is 0 Å². The number of benzene rings is 3. The second-order valence-corrected chi connectivity index (χ2v) is 12.7. The topological polar surface area (TPSA) is 85.6 Å². The van der Waals surface area contributed by atoms with Crippen LogP contribution in [0, 0.1) is 6.92 Å². The summed E-state index contributed by atoms with van der Waals surface area (Å²) in [6, 6.07) is 11.4. The van der Waals surface area contributed by atoms with Gasteiger partial charge in [-0.05, 0) is 75.2 Å². The number of nitrogens with zero attached hydrogens (tertiary/aromatic N) is 1. The molecule has 0 aliphatic rings. The summed E-state index contributed by atoms with van der Waals surface area (Å²) < 4.78 is 74.9. The SMILES string of the molecule is Cc1cc(C(F)(F)F)cc2c(O)c(Cc3c(Cl)ccc(C(=O)OC(C)(C)C)c3Cl)n(S(=O)(=O)c3ccccc3)c12. The van der Waals surface area contributed by atoms with Crippen LogP contribution in [0.5, 0.6) is 5.75 Å². The average molecular weight is 614 g/mol. The molecule has 1 aromatic heterocycles. The average Bonchev–Trinajstić information content (AvgIpc) is 3.13. The van der Waals surface area contributed by atoms with Crippen molar-refractivity contribution in [1.82, 2.24) is 3.97 Å². The number of hydrogen-bond donors (Lipinski definition) is 1. The van der Waals surface area contributed by atoms with Gasteiger partial charge >= 0.3 is 12.1 Å². The lowest BCUT2D eigenvalue weighted by molar-refractivity contribution is -0.137. The Bertz CT molecular complexity index is 1740. The van der Waals surface area contributed by atoms with E-state index in [2.05, 4.69) is 0 Å². The summed E-state index contributed by atoms with van der Waals surface area (Å²) in [6.07, 6.45) is -5.19. The Morgan fingerprint density at radius 3 is 2.23 bits per heavy atom. The second kappa shape index (κ2) is 10.3. The predicted octanol–water partition coefficient (Wildman–Crippen LogP) is 7.76. The Hall–Kier alpha value is -3.21. The van der Waals surface area contributed by atoms with E-state index in [-0.39, 0.29) is 48.2 Å². The summed E-state index contributed by atoms with van der Waals surface area (Å²) in [5.74, 6) is -1.46. The fourth-order valence-electron chi connectivity index (χ4n) is 4.32. The Kier molecular flexibility index (Phi) is 7.68. The lowest BCUT2D eigenvalue weighted by atomic mass is 10.0. The molecule has 40 heavy (non-hydrogen) atoms. The van der Waals surface area contributed by atoms with Crippen LogP contribution >= 0.6 is 23.2 Å². The van der Waals surface area contributed by atoms with Crippen LogP contribution in [0.4, 0.5) is 13.2 Å². The maximum atomic E-state index is 13.9. The summed E-state index contributed by atoms with van der Waals surface area (Å²) in [7, 11) is -4.44. The largest absolute Gasteiger partial charge is 0.505 e. The normalized spacial score (nSPS) is 12.6. The van der Waals surface area contributed by atoms with Crippen molar-refractivity contribution < 1.29 is 36.2 Å². The molecule has 0 fully saturated rings. The van der Waals surface area contributed by atoms with Gasteiger partial charge in [-0.2, -0.15) is 13.2 Å². The fraction of sp³-hybridized carbons (Fsp3) is 0.250. The first-order valence-corrected chi connectivity index (χ1v) is 14.1. The molecule has 0 saturated heterocycles. The van der Waals surface area contributed by atoms with Crippen molar-refractivity contribution in [2.45, 2.75) is 50.8 Å². The number of fused-ring (bicyclic) bond motifs is 1. The van der Waals surface area contributed by atoms with E-state index < -0.39 is 45.5 Å². The minimum atomic E-state index is -4.75. The Morgan fingerprint density at radius 1 is 1.02 bits per heavy atom. The van der Waals surface area contributed by atoms with E-state index >= 15 is 0 Å². The first-order chi connectivity index (χ1) is 18.4. The fourth-order valence-corrected chi connectivity index (χ4v) is 6.53. The zero-order valence-electron chi connectivity index (χ0n) is 21.7. The molecule has 4 aromatic rings. The summed E-state index contributed by atoms with van der Waals surface area (Å²) >= 11 is 13.0. The molecular weight excluding hydrogens is 590 g/mol. The molecule has 0 bridgehead atoms. The van der Waals surface area contributed by atoms with Crippen molar-refractivity contribution in [2.24, 2.45) is 0 Å². The van der Waals surface area contributed by atoms with E-state index in [0.717, 1.165) is 10.0 Å². The van der Waals surface area contributed by atoms with Crippen LogP contribution in [0.3, 0.4) is 0 Å². The van der Waals surface area contributed by atoms with Crippen molar-refractivity contribution in [3.8, 4) is 5.75 Å². The van der Waals surface area contributed by atoms with Crippen LogP contribution in [0.1, 0.15) is 53.5 Å². The molecule has 0 aliphatic heterocycles. The molecule has 212 valence electrons. The third-order valence-corrected chi connectivity index (χ3v) is 8.57. The highest BCUT2D eigenvalue weighted by Gasteiger charge is 2.35. The first-order valence-electron chi connectivity index (χ1n) is 11.9. The lowest BCUT2D eigenvalue weighted by Gasteiger charge is -2.21. The summed E-state index contributed by atoms with van der Waals surface area (Å²) in [6.45, 7) is 6.31. The van der Waals surface area contributed by atoms with Crippen molar-refractivity contribution in [3.05, 3.63) is 92.6 Å². The molecule has 0 amide bonds. The van der Waals surface area contributed by atoms with Gasteiger partial charge < -0.3 is 9.84 Å². The highest BCUT2D eigenvalue weighted by Crippen LogP contribution is 2.43. The van der Waals surface area contributed by atoms with E-state index in [1.807, 2.05) is 0 Å². The number of hydrogen-bond acceptors (Lipinski definition) is 5. The molecule has 6 nitrogen and oxygen atoms in total. The van der Waals surface area contributed by atoms with Gasteiger partial charge in [-0.3, -0.25) is 0 Å². The minimum Gasteiger partial charge on any atom is -0.505 e. The number of esters is 1. The standard InChI is InChI=1S/C28H24Cl2F3NO5S/c1-15-12-16(28(31,32)33)13-20-24(15)34(40(37,38)17-8-6-5-7-9-17)22(25(20)35)14-19-21(29)11-10-18(23(19)30)26(36)39-27(2,3)4/h5-13,35H,14H2,1-4H3. The zero-order chi connectivity index (χ0) is 29.8.